The van der Waals surface area contributed by atoms with Crippen LogP contribution in [-0.2, 0) is 0 Å². The van der Waals surface area contributed by atoms with Gasteiger partial charge in [-0.05, 0) is 24.3 Å². The predicted molar refractivity (Wildman–Crippen MR) is 53.9 cm³/mol. The highest BCUT2D eigenvalue weighted by atomic mass is 16.6. The molecule has 76 valence electrons. The molecule has 0 bridgehead atoms. The SMILES string of the molecule is C=CC(c1ccc2ocnc2c1)[N+](=O)[O-]. The fourth-order valence-corrected chi connectivity index (χ4v) is 1.40. The Labute approximate surface area is 85.2 Å². The highest BCUT2D eigenvalue weighted by Crippen LogP contribution is 2.22. The van der Waals surface area contributed by atoms with Gasteiger partial charge in [0.15, 0.2) is 12.0 Å². The molecule has 0 amide bonds. The number of oxazole rings is 1. The quantitative estimate of drug-likeness (QED) is 0.437. The van der Waals surface area contributed by atoms with E-state index in [0.29, 0.717) is 16.7 Å². The van der Waals surface area contributed by atoms with Crippen LogP contribution in [0.1, 0.15) is 11.6 Å². The Bertz CT molecular complexity index is 518. The van der Waals surface area contributed by atoms with Gasteiger partial charge in [0.1, 0.15) is 5.52 Å². The summed E-state index contributed by atoms with van der Waals surface area (Å²) in [7, 11) is 0. The molecular formula is C10H8N2O3. The number of hydrogen-bond acceptors (Lipinski definition) is 4. The first-order valence-corrected chi connectivity index (χ1v) is 4.31. The third kappa shape index (κ3) is 1.59. The van der Waals surface area contributed by atoms with Gasteiger partial charge in [0.05, 0.1) is 0 Å². The maximum Gasteiger partial charge on any atom is 0.256 e. The smallest absolute Gasteiger partial charge is 0.256 e. The molecule has 0 radical (unpaired) electrons. The van der Waals surface area contributed by atoms with Gasteiger partial charge in [0.25, 0.3) is 6.04 Å². The average molecular weight is 204 g/mol. The molecule has 2 rings (SSSR count). The van der Waals surface area contributed by atoms with Gasteiger partial charge in [-0.15, -0.1) is 0 Å². The highest BCUT2D eigenvalue weighted by molar-refractivity contribution is 5.72. The van der Waals surface area contributed by atoms with Crippen LogP contribution >= 0.6 is 0 Å². The normalized spacial score (nSPS) is 12.5. The molecule has 1 heterocycles. The van der Waals surface area contributed by atoms with Crippen molar-refractivity contribution in [3.8, 4) is 0 Å². The number of rotatable bonds is 3. The van der Waals surface area contributed by atoms with Crippen LogP contribution in [0.5, 0.6) is 0 Å². The second kappa shape index (κ2) is 3.53. The van der Waals surface area contributed by atoms with Crippen LogP contribution in [0.25, 0.3) is 11.1 Å². The molecule has 5 nitrogen and oxygen atoms in total. The van der Waals surface area contributed by atoms with Gasteiger partial charge < -0.3 is 4.42 Å². The molecule has 0 N–H and O–H groups in total. The molecule has 0 aliphatic rings. The lowest BCUT2D eigenvalue weighted by Gasteiger charge is -2.03. The summed E-state index contributed by atoms with van der Waals surface area (Å²) in [5.74, 6) is 0. The Morgan fingerprint density at radius 3 is 3.07 bits per heavy atom. The van der Waals surface area contributed by atoms with E-state index in [1.807, 2.05) is 0 Å². The Morgan fingerprint density at radius 2 is 2.40 bits per heavy atom. The Balaban J connectivity index is 2.50. The van der Waals surface area contributed by atoms with Gasteiger partial charge in [0.2, 0.25) is 0 Å². The second-order valence-electron chi connectivity index (χ2n) is 3.05. The van der Waals surface area contributed by atoms with Gasteiger partial charge in [-0.2, -0.15) is 0 Å². The average Bonchev–Trinajstić information content (AvgIpc) is 2.65. The second-order valence-corrected chi connectivity index (χ2v) is 3.05. The maximum atomic E-state index is 10.7. The molecule has 1 unspecified atom stereocenters. The molecule has 15 heavy (non-hydrogen) atoms. The van der Waals surface area contributed by atoms with Crippen LogP contribution in [0.3, 0.4) is 0 Å². The van der Waals surface area contributed by atoms with Crippen molar-refractivity contribution in [2.45, 2.75) is 6.04 Å². The topological polar surface area (TPSA) is 69.2 Å². The molecule has 1 atom stereocenters. The first kappa shape index (κ1) is 9.39. The molecule has 5 heteroatoms. The third-order valence-corrected chi connectivity index (χ3v) is 2.15. The summed E-state index contributed by atoms with van der Waals surface area (Å²) < 4.78 is 5.04. The first-order chi connectivity index (χ1) is 7.22. The van der Waals surface area contributed by atoms with Crippen molar-refractivity contribution in [1.82, 2.24) is 4.98 Å². The van der Waals surface area contributed by atoms with Crippen molar-refractivity contribution in [2.24, 2.45) is 0 Å². The summed E-state index contributed by atoms with van der Waals surface area (Å²) in [6, 6.07) is 4.04. The molecule has 0 fully saturated rings. The van der Waals surface area contributed by atoms with Crippen molar-refractivity contribution in [3.63, 3.8) is 0 Å². The van der Waals surface area contributed by atoms with Crippen LogP contribution < -0.4 is 0 Å². The third-order valence-electron chi connectivity index (χ3n) is 2.15. The number of hydrogen-bond donors (Lipinski definition) is 0. The van der Waals surface area contributed by atoms with E-state index in [-0.39, 0.29) is 0 Å². The monoisotopic (exact) mass is 204 g/mol. The van der Waals surface area contributed by atoms with Crippen molar-refractivity contribution < 1.29 is 9.34 Å². The lowest BCUT2D eigenvalue weighted by Crippen LogP contribution is -2.06. The summed E-state index contributed by atoms with van der Waals surface area (Å²) in [6.45, 7) is 3.44. The minimum absolute atomic E-state index is 0.395. The highest BCUT2D eigenvalue weighted by Gasteiger charge is 2.18. The molecule has 0 aliphatic heterocycles. The Morgan fingerprint density at radius 1 is 1.60 bits per heavy atom. The van der Waals surface area contributed by atoms with E-state index in [2.05, 4.69) is 11.6 Å². The van der Waals surface area contributed by atoms with Crippen molar-refractivity contribution in [3.05, 3.63) is 52.9 Å². The van der Waals surface area contributed by atoms with E-state index in [4.69, 9.17) is 4.42 Å². The minimum atomic E-state index is -0.897. The summed E-state index contributed by atoms with van der Waals surface area (Å²) in [6.07, 6.45) is 2.60. The predicted octanol–water partition coefficient (Wildman–Crippen LogP) is 2.33. The number of aromatic nitrogens is 1. The minimum Gasteiger partial charge on any atom is -0.443 e. The zero-order chi connectivity index (χ0) is 10.8. The number of nitro groups is 1. The fraction of sp³-hybridized carbons (Fsp3) is 0.100. The molecule has 1 aromatic carbocycles. The molecule has 0 aliphatic carbocycles. The zero-order valence-electron chi connectivity index (χ0n) is 7.79. The lowest BCUT2D eigenvalue weighted by molar-refractivity contribution is -0.515. The summed E-state index contributed by atoms with van der Waals surface area (Å²) in [4.78, 5) is 14.2. The van der Waals surface area contributed by atoms with Crippen molar-refractivity contribution in [1.29, 1.82) is 0 Å². The van der Waals surface area contributed by atoms with Gasteiger partial charge in [-0.25, -0.2) is 4.98 Å². The van der Waals surface area contributed by atoms with Crippen LogP contribution in [-0.4, -0.2) is 9.91 Å². The summed E-state index contributed by atoms with van der Waals surface area (Å²) in [5.41, 5.74) is 1.78. The van der Waals surface area contributed by atoms with Crippen LogP contribution in [0.15, 0.2) is 41.7 Å². The molecule has 2 aromatic rings. The van der Waals surface area contributed by atoms with E-state index < -0.39 is 11.0 Å². The van der Waals surface area contributed by atoms with E-state index in [1.165, 1.54) is 12.5 Å². The van der Waals surface area contributed by atoms with E-state index in [0.717, 1.165) is 0 Å². The lowest BCUT2D eigenvalue weighted by atomic mass is 10.1. The molecule has 1 aromatic heterocycles. The number of fused-ring (bicyclic) bond motifs is 1. The number of benzene rings is 1. The van der Waals surface area contributed by atoms with Gasteiger partial charge >= 0.3 is 0 Å². The van der Waals surface area contributed by atoms with Crippen LogP contribution in [0.2, 0.25) is 0 Å². The largest absolute Gasteiger partial charge is 0.443 e. The van der Waals surface area contributed by atoms with Crippen molar-refractivity contribution >= 4 is 11.1 Å². The Hall–Kier alpha value is -2.17. The molecule has 0 saturated carbocycles. The van der Waals surface area contributed by atoms with Gasteiger partial charge in [-0.1, -0.05) is 6.58 Å². The molecule has 0 spiro atoms. The van der Waals surface area contributed by atoms with Gasteiger partial charge in [0, 0.05) is 10.5 Å². The van der Waals surface area contributed by atoms with E-state index >= 15 is 0 Å². The zero-order valence-corrected chi connectivity index (χ0v) is 7.79. The molecule has 0 saturated heterocycles. The summed E-state index contributed by atoms with van der Waals surface area (Å²) >= 11 is 0. The van der Waals surface area contributed by atoms with Gasteiger partial charge in [-0.3, -0.25) is 10.1 Å². The summed E-state index contributed by atoms with van der Waals surface area (Å²) in [5, 5.41) is 10.7. The first-order valence-electron chi connectivity index (χ1n) is 4.31. The van der Waals surface area contributed by atoms with Crippen molar-refractivity contribution in [2.75, 3.05) is 0 Å². The fourth-order valence-electron chi connectivity index (χ4n) is 1.40. The Kier molecular flexibility index (Phi) is 2.21. The molecular weight excluding hydrogens is 196 g/mol. The maximum absolute atomic E-state index is 10.7. The van der Waals surface area contributed by atoms with E-state index in [1.54, 1.807) is 18.2 Å². The van der Waals surface area contributed by atoms with Crippen LogP contribution in [0, 0.1) is 10.1 Å². The van der Waals surface area contributed by atoms with Crippen LogP contribution in [0.4, 0.5) is 0 Å². The standard InChI is InChI=1S/C10H8N2O3/c1-2-9(12(13)14)7-3-4-10-8(5-7)11-6-15-10/h2-6,9H,1H2. The number of nitrogens with zero attached hydrogens (tertiary/aromatic N) is 2. The van der Waals surface area contributed by atoms with E-state index in [9.17, 15) is 10.1 Å².